The topological polar surface area (TPSA) is 124 Å². The van der Waals surface area contributed by atoms with Crippen molar-refractivity contribution in [3.63, 3.8) is 0 Å². The fourth-order valence-electron chi connectivity index (χ4n) is 5.33. The highest BCUT2D eigenvalue weighted by atomic mass is 16.7. The van der Waals surface area contributed by atoms with Gasteiger partial charge in [-0.15, -0.1) is 0 Å². The second kappa shape index (κ2) is 12.2. The molecule has 1 saturated heterocycles. The van der Waals surface area contributed by atoms with Gasteiger partial charge in [0.1, 0.15) is 11.2 Å². The van der Waals surface area contributed by atoms with Crippen molar-refractivity contribution in [3.8, 4) is 11.1 Å². The number of nitrogens with zero attached hydrogens (tertiary/aromatic N) is 4. The van der Waals surface area contributed by atoms with Crippen LogP contribution >= 0.6 is 0 Å². The van der Waals surface area contributed by atoms with Crippen LogP contribution in [0.15, 0.2) is 59.4 Å². The van der Waals surface area contributed by atoms with Crippen LogP contribution in [0.4, 0.5) is 10.5 Å². The number of hydrogen-bond donors (Lipinski definition) is 2. The van der Waals surface area contributed by atoms with Crippen LogP contribution in [0, 0.1) is 12.3 Å². The van der Waals surface area contributed by atoms with Crippen molar-refractivity contribution < 1.29 is 24.0 Å². The molecule has 0 unspecified atom stereocenters. The number of benzene rings is 1. The number of hydroxylamine groups is 2. The summed E-state index contributed by atoms with van der Waals surface area (Å²) in [7, 11) is 4.65. The van der Waals surface area contributed by atoms with Gasteiger partial charge in [-0.1, -0.05) is 38.5 Å². The van der Waals surface area contributed by atoms with Crippen LogP contribution in [-0.2, 0) is 14.4 Å². The molecule has 11 heteroatoms. The van der Waals surface area contributed by atoms with E-state index in [4.69, 9.17) is 4.84 Å². The van der Waals surface area contributed by atoms with Gasteiger partial charge >= 0.3 is 6.03 Å². The first-order valence-electron chi connectivity index (χ1n) is 14.5. The Labute approximate surface area is 258 Å². The maximum atomic E-state index is 13.9. The first-order chi connectivity index (χ1) is 20.5. The first kappa shape index (κ1) is 32.4. The van der Waals surface area contributed by atoms with E-state index >= 15 is 0 Å². The monoisotopic (exact) mass is 602 g/mol. The molecule has 5 amide bonds. The molecule has 234 valence electrons. The predicted octanol–water partition coefficient (Wildman–Crippen LogP) is 4.52. The van der Waals surface area contributed by atoms with E-state index in [1.54, 1.807) is 55.1 Å². The number of carbonyl (C=O) groups excluding carboxylic acids is 4. The Kier molecular flexibility index (Phi) is 9.01. The lowest BCUT2D eigenvalue weighted by atomic mass is 9.85. The summed E-state index contributed by atoms with van der Waals surface area (Å²) in [5.41, 5.74) is 4.02. The molecule has 1 aliphatic heterocycles. The second-order valence-electron chi connectivity index (χ2n) is 12.8. The van der Waals surface area contributed by atoms with Gasteiger partial charge in [0.05, 0.1) is 12.7 Å². The molecule has 44 heavy (non-hydrogen) atoms. The molecular formula is C33H42N6O5. The number of likely N-dealkylation sites (N-methyl/N-ethyl adjacent to an activating group) is 1. The van der Waals surface area contributed by atoms with Crippen molar-refractivity contribution in [1.82, 2.24) is 25.2 Å². The average Bonchev–Trinajstić information content (AvgIpc) is 3.40. The lowest BCUT2D eigenvalue weighted by molar-refractivity contribution is -0.155. The van der Waals surface area contributed by atoms with Gasteiger partial charge in [-0.3, -0.25) is 24.2 Å². The van der Waals surface area contributed by atoms with Gasteiger partial charge < -0.3 is 20.4 Å². The molecule has 11 nitrogen and oxygen atoms in total. The minimum Gasteiger partial charge on any atom is -0.342 e. The molecular weight excluding hydrogens is 560 g/mol. The summed E-state index contributed by atoms with van der Waals surface area (Å²) in [6.07, 6.45) is 3.87. The number of hydrogen-bond acceptors (Lipinski definition) is 6. The van der Waals surface area contributed by atoms with Crippen LogP contribution in [0.2, 0.25) is 0 Å². The van der Waals surface area contributed by atoms with E-state index < -0.39 is 11.6 Å². The molecule has 2 heterocycles. The van der Waals surface area contributed by atoms with Crippen LogP contribution in [0.3, 0.4) is 0 Å². The quantitative estimate of drug-likeness (QED) is 0.469. The van der Waals surface area contributed by atoms with Crippen molar-refractivity contribution in [3.05, 3.63) is 70.7 Å². The van der Waals surface area contributed by atoms with E-state index in [1.807, 2.05) is 25.1 Å². The van der Waals surface area contributed by atoms with Crippen molar-refractivity contribution in [2.45, 2.75) is 53.5 Å². The van der Waals surface area contributed by atoms with Gasteiger partial charge in [-0.2, -0.15) is 0 Å². The van der Waals surface area contributed by atoms with Gasteiger partial charge in [-0.05, 0) is 61.6 Å². The zero-order valence-corrected chi connectivity index (χ0v) is 27.0. The van der Waals surface area contributed by atoms with Crippen LogP contribution in [-0.4, -0.2) is 83.4 Å². The summed E-state index contributed by atoms with van der Waals surface area (Å²) in [6.45, 7) is 12.5. The summed E-state index contributed by atoms with van der Waals surface area (Å²) in [4.78, 5) is 64.9. The van der Waals surface area contributed by atoms with Crippen molar-refractivity contribution in [1.29, 1.82) is 0 Å². The first-order valence-corrected chi connectivity index (χ1v) is 14.5. The number of aryl methyl sites for hydroxylation is 1. The number of amides is 5. The maximum Gasteiger partial charge on any atom is 0.323 e. The minimum absolute atomic E-state index is 0.128. The molecule has 4 rings (SSSR count). The number of rotatable bonds is 6. The number of urea groups is 1. The summed E-state index contributed by atoms with van der Waals surface area (Å²) in [6, 6.07) is 8.45. The van der Waals surface area contributed by atoms with Crippen molar-refractivity contribution >= 4 is 29.4 Å². The molecule has 0 saturated carbocycles. The van der Waals surface area contributed by atoms with E-state index in [0.717, 1.165) is 27.3 Å². The zero-order chi connectivity index (χ0) is 32.6. The number of anilines is 1. The number of allylic oxidation sites excluding steroid dienone is 1. The summed E-state index contributed by atoms with van der Waals surface area (Å²) >= 11 is 0. The van der Waals surface area contributed by atoms with Crippen molar-refractivity contribution in [2.24, 2.45) is 5.41 Å². The number of nitrogens with one attached hydrogen (secondary N) is 2. The molecule has 2 N–H and O–H groups in total. The lowest BCUT2D eigenvalue weighted by Crippen LogP contribution is -2.63. The third-order valence-electron chi connectivity index (χ3n) is 8.27. The normalized spacial score (nSPS) is 16.6. The third-order valence-corrected chi connectivity index (χ3v) is 8.27. The van der Waals surface area contributed by atoms with Gasteiger partial charge in [0.25, 0.3) is 11.8 Å². The largest absolute Gasteiger partial charge is 0.342 e. The van der Waals surface area contributed by atoms with E-state index in [2.05, 4.69) is 36.4 Å². The molecule has 1 fully saturated rings. The molecule has 0 atom stereocenters. The van der Waals surface area contributed by atoms with Gasteiger partial charge in [0.2, 0.25) is 5.91 Å². The highest BCUT2D eigenvalue weighted by Crippen LogP contribution is 2.38. The molecule has 1 aromatic carbocycles. The van der Waals surface area contributed by atoms with E-state index in [-0.39, 0.29) is 28.8 Å². The fourth-order valence-corrected chi connectivity index (χ4v) is 5.33. The summed E-state index contributed by atoms with van der Waals surface area (Å²) in [5, 5.41) is 6.91. The molecule has 0 bridgehead atoms. The van der Waals surface area contributed by atoms with E-state index in [9.17, 15) is 19.2 Å². The Morgan fingerprint density at radius 1 is 1.07 bits per heavy atom. The van der Waals surface area contributed by atoms with Crippen LogP contribution in [0.5, 0.6) is 0 Å². The Morgan fingerprint density at radius 2 is 1.77 bits per heavy atom. The van der Waals surface area contributed by atoms with Crippen LogP contribution in [0.1, 0.15) is 57.1 Å². The summed E-state index contributed by atoms with van der Waals surface area (Å²) < 4.78 is 0. The third kappa shape index (κ3) is 6.52. The maximum absolute atomic E-state index is 13.9. The Morgan fingerprint density at radius 3 is 2.39 bits per heavy atom. The van der Waals surface area contributed by atoms with Crippen LogP contribution < -0.4 is 10.6 Å². The average molecular weight is 603 g/mol. The number of piperazine rings is 1. The minimum atomic E-state index is -1.01. The predicted molar refractivity (Wildman–Crippen MR) is 168 cm³/mol. The molecule has 1 aliphatic carbocycles. The van der Waals surface area contributed by atoms with E-state index in [1.165, 1.54) is 14.2 Å². The molecule has 2 aliphatic rings. The smallest absolute Gasteiger partial charge is 0.323 e. The SMILES string of the molecule is CON(C)C(=O)c1ccc(-c2cc(NC(=O)NC3=C(C(=O)N4CCN(C)C(=O)C4(C)C)C=C(C(C)(C)C)C3)ccc2C)cn1. The van der Waals surface area contributed by atoms with Gasteiger partial charge in [-0.25, -0.2) is 9.86 Å². The highest BCUT2D eigenvalue weighted by Gasteiger charge is 2.44. The summed E-state index contributed by atoms with van der Waals surface area (Å²) in [5.74, 6) is -0.777. The molecule has 0 radical (unpaired) electrons. The molecule has 0 spiro atoms. The Balaban J connectivity index is 1.56. The van der Waals surface area contributed by atoms with Crippen molar-refractivity contribution in [2.75, 3.05) is 39.6 Å². The number of aromatic nitrogens is 1. The Bertz CT molecular complexity index is 1550. The van der Waals surface area contributed by atoms with E-state index in [0.29, 0.717) is 36.5 Å². The zero-order valence-electron chi connectivity index (χ0n) is 27.0. The second-order valence-corrected chi connectivity index (χ2v) is 12.8. The highest BCUT2D eigenvalue weighted by molar-refractivity contribution is 6.03. The van der Waals surface area contributed by atoms with Gasteiger partial charge in [0, 0.05) is 56.8 Å². The lowest BCUT2D eigenvalue weighted by Gasteiger charge is -2.44. The number of pyridine rings is 1. The standard InChI is InChI=1S/C33H42N6O5/c1-20-10-12-23(18-24(20)21-11-13-26(34-19-21)29(41)38(8)44-9)35-31(43)36-27-17-22(32(2,3)4)16-25(27)28(40)39-15-14-37(7)30(42)33(39,5)6/h10-13,16,18-19H,14-15,17H2,1-9H3,(H2,35,36,43). The molecule has 1 aromatic heterocycles. The Hall–Kier alpha value is -4.51. The molecule has 2 aromatic rings. The van der Waals surface area contributed by atoms with Gasteiger partial charge in [0.15, 0.2) is 0 Å². The number of carbonyl (C=O) groups is 4. The van der Waals surface area contributed by atoms with Crippen LogP contribution in [0.25, 0.3) is 11.1 Å². The fraction of sp³-hybridized carbons (Fsp3) is 0.424.